The van der Waals surface area contributed by atoms with Gasteiger partial charge >= 0.3 is 5.97 Å². The normalized spacial score (nSPS) is 31.3. The highest BCUT2D eigenvalue weighted by molar-refractivity contribution is 5.88. The zero-order valence-electron chi connectivity index (χ0n) is 12.6. The lowest BCUT2D eigenvalue weighted by atomic mass is 9.87. The van der Waals surface area contributed by atoms with Crippen molar-refractivity contribution in [1.29, 1.82) is 0 Å². The van der Waals surface area contributed by atoms with Crippen LogP contribution in [-0.4, -0.2) is 46.2 Å². The van der Waals surface area contributed by atoms with Crippen LogP contribution >= 0.6 is 0 Å². The number of carboxylic acids is 1. The third-order valence-electron chi connectivity index (χ3n) is 4.31. The van der Waals surface area contributed by atoms with Gasteiger partial charge in [-0.15, -0.1) is 0 Å². The Labute approximate surface area is 114 Å². The first-order valence-electron chi connectivity index (χ1n) is 6.84. The summed E-state index contributed by atoms with van der Waals surface area (Å²) in [6.07, 6.45) is -0.147. The van der Waals surface area contributed by atoms with Crippen molar-refractivity contribution < 1.29 is 19.4 Å². The van der Waals surface area contributed by atoms with Crippen molar-refractivity contribution in [2.75, 3.05) is 6.54 Å². The fraction of sp³-hybridized carbons (Fsp3) is 0.857. The van der Waals surface area contributed by atoms with Crippen molar-refractivity contribution in [2.24, 2.45) is 11.8 Å². The molecule has 1 heterocycles. The quantitative estimate of drug-likeness (QED) is 0.846. The molecule has 0 aromatic heterocycles. The first-order chi connectivity index (χ1) is 8.64. The molecular weight excluding hydrogens is 246 g/mol. The van der Waals surface area contributed by atoms with E-state index in [4.69, 9.17) is 4.74 Å². The summed E-state index contributed by atoms with van der Waals surface area (Å²) in [5.41, 5.74) is -1.20. The molecule has 5 heteroatoms. The standard InChI is InChI=1S/C14H25NO4/c1-7-15(14(5,6)13(17)18)12(16)11-8(2)9(3)19-10(11)4/h8-11H,7H2,1-6H3,(H,17,18). The van der Waals surface area contributed by atoms with E-state index in [-0.39, 0.29) is 30.0 Å². The van der Waals surface area contributed by atoms with Crippen molar-refractivity contribution >= 4 is 11.9 Å². The Morgan fingerprint density at radius 1 is 1.21 bits per heavy atom. The third kappa shape index (κ3) is 2.76. The Kier molecular flexibility index (Phi) is 4.61. The summed E-state index contributed by atoms with van der Waals surface area (Å²) in [6.45, 7) is 11.1. The Balaban J connectivity index is 3.00. The van der Waals surface area contributed by atoms with Gasteiger partial charge in [0.15, 0.2) is 0 Å². The maximum Gasteiger partial charge on any atom is 0.329 e. The Morgan fingerprint density at radius 3 is 2.05 bits per heavy atom. The number of aliphatic carboxylic acids is 1. The van der Waals surface area contributed by atoms with Crippen LogP contribution in [0.1, 0.15) is 41.5 Å². The second-order valence-corrected chi connectivity index (χ2v) is 5.88. The van der Waals surface area contributed by atoms with Gasteiger partial charge in [-0.2, -0.15) is 0 Å². The molecule has 0 saturated carbocycles. The van der Waals surface area contributed by atoms with Gasteiger partial charge in [0.25, 0.3) is 0 Å². The SMILES string of the molecule is CCN(C(=O)C1C(C)OC(C)C1C)C(C)(C)C(=O)O. The first-order valence-corrected chi connectivity index (χ1v) is 6.84. The van der Waals surface area contributed by atoms with Crippen LogP contribution in [0.2, 0.25) is 0 Å². The molecule has 1 aliphatic heterocycles. The van der Waals surface area contributed by atoms with E-state index >= 15 is 0 Å². The lowest BCUT2D eigenvalue weighted by molar-refractivity contribution is -0.159. The topological polar surface area (TPSA) is 66.8 Å². The van der Waals surface area contributed by atoms with Gasteiger partial charge < -0.3 is 14.7 Å². The fourth-order valence-electron chi connectivity index (χ4n) is 2.81. The number of hydrogen-bond acceptors (Lipinski definition) is 3. The number of nitrogens with zero attached hydrogens (tertiary/aromatic N) is 1. The van der Waals surface area contributed by atoms with E-state index in [2.05, 4.69) is 0 Å². The minimum atomic E-state index is -1.20. The van der Waals surface area contributed by atoms with E-state index in [1.165, 1.54) is 4.90 Å². The molecule has 0 aromatic rings. The zero-order chi connectivity index (χ0) is 15.0. The van der Waals surface area contributed by atoms with Crippen LogP contribution in [0, 0.1) is 11.8 Å². The molecule has 1 N–H and O–H groups in total. The van der Waals surface area contributed by atoms with Gasteiger partial charge in [-0.1, -0.05) is 6.92 Å². The molecule has 19 heavy (non-hydrogen) atoms. The van der Waals surface area contributed by atoms with E-state index < -0.39 is 11.5 Å². The average Bonchev–Trinajstić information content (AvgIpc) is 2.53. The van der Waals surface area contributed by atoms with Crippen LogP contribution in [0.3, 0.4) is 0 Å². The number of carbonyl (C=O) groups is 2. The summed E-state index contributed by atoms with van der Waals surface area (Å²) in [5.74, 6) is -1.29. The predicted molar refractivity (Wildman–Crippen MR) is 71.8 cm³/mol. The van der Waals surface area contributed by atoms with Crippen molar-refractivity contribution in [3.8, 4) is 0 Å². The molecule has 0 spiro atoms. The molecule has 0 aliphatic carbocycles. The zero-order valence-corrected chi connectivity index (χ0v) is 12.6. The molecule has 1 amide bonds. The lowest BCUT2D eigenvalue weighted by Gasteiger charge is -2.37. The molecule has 1 fully saturated rings. The maximum absolute atomic E-state index is 12.7. The molecule has 5 nitrogen and oxygen atoms in total. The summed E-state index contributed by atoms with van der Waals surface area (Å²) in [6, 6.07) is 0. The summed E-state index contributed by atoms with van der Waals surface area (Å²) >= 11 is 0. The molecule has 1 saturated heterocycles. The number of amides is 1. The maximum atomic E-state index is 12.7. The second kappa shape index (κ2) is 5.49. The lowest BCUT2D eigenvalue weighted by Crippen LogP contribution is -2.56. The van der Waals surface area contributed by atoms with Crippen LogP contribution in [-0.2, 0) is 14.3 Å². The number of rotatable bonds is 4. The predicted octanol–water partition coefficient (Wildman–Crippen LogP) is 1.76. The van der Waals surface area contributed by atoms with E-state index in [1.54, 1.807) is 20.8 Å². The molecule has 1 rings (SSSR count). The van der Waals surface area contributed by atoms with Gasteiger partial charge in [0, 0.05) is 6.54 Å². The molecule has 4 unspecified atom stereocenters. The monoisotopic (exact) mass is 271 g/mol. The van der Waals surface area contributed by atoms with Crippen LogP contribution in [0.25, 0.3) is 0 Å². The minimum absolute atomic E-state index is 0.0237. The van der Waals surface area contributed by atoms with Crippen molar-refractivity contribution in [3.63, 3.8) is 0 Å². The highest BCUT2D eigenvalue weighted by atomic mass is 16.5. The number of carbonyl (C=O) groups excluding carboxylic acids is 1. The van der Waals surface area contributed by atoms with Gasteiger partial charge in [-0.25, -0.2) is 4.79 Å². The molecule has 0 aromatic carbocycles. The fourth-order valence-corrected chi connectivity index (χ4v) is 2.81. The van der Waals surface area contributed by atoms with Gasteiger partial charge in [0.1, 0.15) is 5.54 Å². The number of likely N-dealkylation sites (N-methyl/N-ethyl adjacent to an activating group) is 1. The second-order valence-electron chi connectivity index (χ2n) is 5.88. The van der Waals surface area contributed by atoms with Crippen LogP contribution < -0.4 is 0 Å². The van der Waals surface area contributed by atoms with Crippen molar-refractivity contribution in [1.82, 2.24) is 4.90 Å². The van der Waals surface area contributed by atoms with Gasteiger partial charge in [0.05, 0.1) is 18.1 Å². The smallest absolute Gasteiger partial charge is 0.329 e. The van der Waals surface area contributed by atoms with Crippen molar-refractivity contribution in [2.45, 2.75) is 59.3 Å². The summed E-state index contributed by atoms with van der Waals surface area (Å²) in [7, 11) is 0. The molecular formula is C14H25NO4. The van der Waals surface area contributed by atoms with Crippen LogP contribution in [0.15, 0.2) is 0 Å². The molecule has 0 bridgehead atoms. The van der Waals surface area contributed by atoms with Gasteiger partial charge in [-0.3, -0.25) is 4.79 Å². The van der Waals surface area contributed by atoms with E-state index in [9.17, 15) is 14.7 Å². The Morgan fingerprint density at radius 2 is 1.74 bits per heavy atom. The first kappa shape index (κ1) is 16.0. The van der Waals surface area contributed by atoms with E-state index in [1.807, 2.05) is 20.8 Å². The van der Waals surface area contributed by atoms with E-state index in [0.29, 0.717) is 6.54 Å². The molecule has 4 atom stereocenters. The number of ether oxygens (including phenoxy) is 1. The Hall–Kier alpha value is -1.10. The highest BCUT2D eigenvalue weighted by Crippen LogP contribution is 2.34. The van der Waals surface area contributed by atoms with E-state index in [0.717, 1.165) is 0 Å². The van der Waals surface area contributed by atoms with Crippen molar-refractivity contribution in [3.05, 3.63) is 0 Å². The van der Waals surface area contributed by atoms with Crippen LogP contribution in [0.4, 0.5) is 0 Å². The Bertz CT molecular complexity index is 366. The van der Waals surface area contributed by atoms with Crippen LogP contribution in [0.5, 0.6) is 0 Å². The molecule has 110 valence electrons. The van der Waals surface area contributed by atoms with Gasteiger partial charge in [0.2, 0.25) is 5.91 Å². The summed E-state index contributed by atoms with van der Waals surface area (Å²) in [5, 5.41) is 9.29. The highest BCUT2D eigenvalue weighted by Gasteiger charge is 2.47. The largest absolute Gasteiger partial charge is 0.480 e. The molecule has 1 aliphatic rings. The average molecular weight is 271 g/mol. The molecule has 0 radical (unpaired) electrons. The third-order valence-corrected chi connectivity index (χ3v) is 4.31. The number of hydrogen-bond donors (Lipinski definition) is 1. The summed E-state index contributed by atoms with van der Waals surface area (Å²) < 4.78 is 5.68. The minimum Gasteiger partial charge on any atom is -0.480 e. The summed E-state index contributed by atoms with van der Waals surface area (Å²) in [4.78, 5) is 25.5. The van der Waals surface area contributed by atoms with Gasteiger partial charge in [-0.05, 0) is 40.5 Å². The number of carboxylic acid groups (broad SMARTS) is 1.